The highest BCUT2D eigenvalue weighted by molar-refractivity contribution is 5.65. The summed E-state index contributed by atoms with van der Waals surface area (Å²) in [7, 11) is 0. The van der Waals surface area contributed by atoms with E-state index in [4.69, 9.17) is 5.11 Å². The van der Waals surface area contributed by atoms with Gasteiger partial charge in [-0.15, -0.1) is 0 Å². The minimum atomic E-state index is -0.775. The van der Waals surface area contributed by atoms with Crippen LogP contribution in [-0.2, 0) is 0 Å². The zero-order valence-electron chi connectivity index (χ0n) is 9.11. The highest BCUT2D eigenvalue weighted by atomic mass is 16.4. The van der Waals surface area contributed by atoms with Crippen LogP contribution in [-0.4, -0.2) is 47.2 Å². The fourth-order valence-corrected chi connectivity index (χ4v) is 2.49. The van der Waals surface area contributed by atoms with E-state index in [0.29, 0.717) is 13.1 Å². The van der Waals surface area contributed by atoms with Crippen molar-refractivity contribution >= 4 is 6.09 Å². The normalized spacial score (nSPS) is 25.5. The minimum absolute atomic E-state index is 0.666. The third-order valence-corrected chi connectivity index (χ3v) is 3.43. The van der Waals surface area contributed by atoms with E-state index in [1.165, 1.54) is 37.0 Å². The van der Waals surface area contributed by atoms with Crippen molar-refractivity contribution < 1.29 is 9.90 Å². The molecule has 4 heteroatoms. The lowest BCUT2D eigenvalue weighted by molar-refractivity contribution is 0.101. The highest BCUT2D eigenvalue weighted by Gasteiger charge is 2.27. The van der Waals surface area contributed by atoms with E-state index in [1.54, 1.807) is 6.04 Å². The van der Waals surface area contributed by atoms with Crippen LogP contribution in [0.3, 0.4) is 0 Å². The molecule has 0 aromatic heterocycles. The number of hydrogen-bond donors (Lipinski definition) is 1. The lowest BCUT2D eigenvalue weighted by Gasteiger charge is -2.39. The Morgan fingerprint density at radius 3 is 2.13 bits per heavy atom. The van der Waals surface area contributed by atoms with Gasteiger partial charge < -0.3 is 10.0 Å². The number of rotatable bonds is 1. The van der Waals surface area contributed by atoms with Crippen LogP contribution in [0.1, 0.15) is 32.1 Å². The number of nitrogens with zero attached hydrogens (tertiary/aromatic N) is 2. The van der Waals surface area contributed by atoms with Crippen molar-refractivity contribution in [1.29, 1.82) is 0 Å². The lowest BCUT2D eigenvalue weighted by Crippen LogP contribution is -2.49. The second-order valence-corrected chi connectivity index (χ2v) is 4.38. The molecule has 2 fully saturated rings. The van der Waals surface area contributed by atoms with Crippen LogP contribution in [0.15, 0.2) is 0 Å². The average Bonchev–Trinajstić information content (AvgIpc) is 2.30. The van der Waals surface area contributed by atoms with Gasteiger partial charge in [-0.2, -0.15) is 0 Å². The van der Waals surface area contributed by atoms with E-state index in [9.17, 15) is 4.79 Å². The minimum Gasteiger partial charge on any atom is -0.465 e. The van der Waals surface area contributed by atoms with E-state index in [2.05, 4.69) is 4.90 Å². The third-order valence-electron chi connectivity index (χ3n) is 3.43. The van der Waals surface area contributed by atoms with E-state index in [0.717, 1.165) is 13.1 Å². The molecule has 1 N–H and O–H groups in total. The van der Waals surface area contributed by atoms with Crippen molar-refractivity contribution in [1.82, 2.24) is 9.80 Å². The molecule has 0 atom stereocenters. The summed E-state index contributed by atoms with van der Waals surface area (Å²) >= 11 is 0. The van der Waals surface area contributed by atoms with Gasteiger partial charge in [-0.3, -0.25) is 4.90 Å². The number of carboxylic acid groups (broad SMARTS) is 1. The van der Waals surface area contributed by atoms with Crippen LogP contribution >= 0.6 is 0 Å². The molecule has 1 aliphatic carbocycles. The van der Waals surface area contributed by atoms with Gasteiger partial charge in [0.15, 0.2) is 0 Å². The summed E-state index contributed by atoms with van der Waals surface area (Å²) < 4.78 is 0. The maximum absolute atomic E-state index is 10.7. The van der Waals surface area contributed by atoms with Gasteiger partial charge in [-0.25, -0.2) is 4.79 Å². The molecule has 1 aliphatic heterocycles. The van der Waals surface area contributed by atoms with E-state index in [1.807, 2.05) is 0 Å². The first-order valence-corrected chi connectivity index (χ1v) is 5.85. The van der Waals surface area contributed by atoms with Crippen molar-refractivity contribution in [2.75, 3.05) is 26.2 Å². The van der Waals surface area contributed by atoms with Crippen molar-refractivity contribution in [3.8, 4) is 0 Å². The molecule has 0 aromatic rings. The van der Waals surface area contributed by atoms with Gasteiger partial charge >= 0.3 is 6.09 Å². The summed E-state index contributed by atoms with van der Waals surface area (Å²) in [6.07, 6.45) is 5.67. The Morgan fingerprint density at radius 2 is 1.60 bits per heavy atom. The Labute approximate surface area is 90.9 Å². The predicted molar refractivity (Wildman–Crippen MR) is 57.5 cm³/mol. The third kappa shape index (κ3) is 2.62. The van der Waals surface area contributed by atoms with Gasteiger partial charge in [0.05, 0.1) is 0 Å². The molecule has 0 aromatic carbocycles. The molecule has 1 saturated heterocycles. The standard InChI is InChI=1S/C11H19N2O2/c14-11(15)13-8-6-12(7-9-13)10-4-2-1-3-5-10/h1-9H2,(H,14,15). The van der Waals surface area contributed by atoms with Gasteiger partial charge in [-0.1, -0.05) is 19.3 Å². The summed E-state index contributed by atoms with van der Waals surface area (Å²) in [5.41, 5.74) is 0. The maximum Gasteiger partial charge on any atom is 0.407 e. The summed E-state index contributed by atoms with van der Waals surface area (Å²) in [4.78, 5) is 14.7. The Kier molecular flexibility index (Phi) is 3.46. The summed E-state index contributed by atoms with van der Waals surface area (Å²) in [6, 6.07) is 1.56. The first-order valence-electron chi connectivity index (χ1n) is 5.85. The molecule has 1 heterocycles. The van der Waals surface area contributed by atoms with E-state index in [-0.39, 0.29) is 0 Å². The number of piperazine rings is 1. The van der Waals surface area contributed by atoms with Gasteiger partial charge in [0.2, 0.25) is 0 Å². The van der Waals surface area contributed by atoms with Crippen LogP contribution in [0.25, 0.3) is 0 Å². The Bertz CT molecular complexity index is 219. The van der Waals surface area contributed by atoms with Crippen LogP contribution in [0.4, 0.5) is 4.79 Å². The second-order valence-electron chi connectivity index (χ2n) is 4.38. The Balaban J connectivity index is 1.79. The number of hydrogen-bond acceptors (Lipinski definition) is 2. The monoisotopic (exact) mass is 211 g/mol. The summed E-state index contributed by atoms with van der Waals surface area (Å²) in [6.45, 7) is 3.11. The van der Waals surface area contributed by atoms with Gasteiger partial charge in [0.1, 0.15) is 0 Å². The van der Waals surface area contributed by atoms with Crippen molar-refractivity contribution in [3.63, 3.8) is 0 Å². The average molecular weight is 211 g/mol. The molecule has 15 heavy (non-hydrogen) atoms. The van der Waals surface area contributed by atoms with Crippen molar-refractivity contribution in [2.45, 2.75) is 32.1 Å². The Hall–Kier alpha value is -0.770. The van der Waals surface area contributed by atoms with Crippen LogP contribution in [0, 0.1) is 6.04 Å². The SMILES string of the molecule is O=C(O)N1CCN([C]2CCCCC2)CC1. The van der Waals surface area contributed by atoms with Crippen LogP contribution < -0.4 is 0 Å². The molecule has 0 spiro atoms. The van der Waals surface area contributed by atoms with Crippen LogP contribution in [0.5, 0.6) is 0 Å². The molecule has 85 valence electrons. The van der Waals surface area contributed by atoms with Gasteiger partial charge in [-0.05, 0) is 12.8 Å². The molecule has 0 unspecified atom stereocenters. The van der Waals surface area contributed by atoms with Crippen LogP contribution in [0.2, 0.25) is 0 Å². The Morgan fingerprint density at radius 1 is 1.00 bits per heavy atom. The molecular formula is C11H19N2O2. The molecule has 4 nitrogen and oxygen atoms in total. The van der Waals surface area contributed by atoms with E-state index >= 15 is 0 Å². The first kappa shape index (κ1) is 10.7. The first-order chi connectivity index (χ1) is 7.27. The maximum atomic E-state index is 10.7. The molecular weight excluding hydrogens is 192 g/mol. The van der Waals surface area contributed by atoms with Crippen molar-refractivity contribution in [2.24, 2.45) is 0 Å². The predicted octanol–water partition coefficient (Wildman–Crippen LogP) is 1.78. The number of carbonyl (C=O) groups is 1. The topological polar surface area (TPSA) is 43.8 Å². The summed E-state index contributed by atoms with van der Waals surface area (Å²) in [5.74, 6) is 0. The molecule has 1 radical (unpaired) electrons. The fraction of sp³-hybridized carbons (Fsp3) is 0.818. The second kappa shape index (κ2) is 4.84. The number of amides is 1. The highest BCUT2D eigenvalue weighted by Crippen LogP contribution is 2.29. The fourth-order valence-electron chi connectivity index (χ4n) is 2.49. The summed E-state index contributed by atoms with van der Waals surface area (Å²) in [5, 5.41) is 8.84. The quantitative estimate of drug-likeness (QED) is 0.719. The molecule has 2 rings (SSSR count). The van der Waals surface area contributed by atoms with Crippen molar-refractivity contribution in [3.05, 3.63) is 6.04 Å². The van der Waals surface area contributed by atoms with Gasteiger partial charge in [0, 0.05) is 32.2 Å². The molecule has 1 saturated carbocycles. The zero-order valence-corrected chi connectivity index (χ0v) is 9.11. The van der Waals surface area contributed by atoms with E-state index < -0.39 is 6.09 Å². The largest absolute Gasteiger partial charge is 0.465 e. The molecule has 2 aliphatic rings. The molecule has 0 bridgehead atoms. The molecule has 1 amide bonds. The van der Waals surface area contributed by atoms with Gasteiger partial charge in [0.25, 0.3) is 0 Å². The smallest absolute Gasteiger partial charge is 0.407 e. The zero-order chi connectivity index (χ0) is 10.7. The lowest BCUT2D eigenvalue weighted by atomic mass is 9.94.